The molecule has 3 nitrogen and oxygen atoms in total. The number of rotatable bonds is 7. The molecule has 0 heterocycles. The standard InChI is InChI=1S/C14H21BrClNO2/c1-10(2)17(7-8-18)6-5-14(19)12-4-3-11(15)9-13(12)16/h3-4,9-10,14,18-19H,5-8H2,1-2H3. The quantitative estimate of drug-likeness (QED) is 0.793. The zero-order chi connectivity index (χ0) is 14.4. The maximum absolute atomic E-state index is 10.2. The summed E-state index contributed by atoms with van der Waals surface area (Å²) in [6.07, 6.45) is 0.0139. The number of nitrogens with zero attached hydrogens (tertiary/aromatic N) is 1. The molecule has 108 valence electrons. The average Bonchev–Trinajstić information content (AvgIpc) is 2.33. The highest BCUT2D eigenvalue weighted by Crippen LogP contribution is 2.28. The molecular weight excluding hydrogens is 330 g/mol. The number of aliphatic hydroxyl groups excluding tert-OH is 2. The van der Waals surface area contributed by atoms with Gasteiger partial charge in [-0.2, -0.15) is 0 Å². The van der Waals surface area contributed by atoms with Gasteiger partial charge in [0, 0.05) is 28.6 Å². The number of hydrogen-bond acceptors (Lipinski definition) is 3. The van der Waals surface area contributed by atoms with E-state index < -0.39 is 6.10 Å². The van der Waals surface area contributed by atoms with E-state index in [-0.39, 0.29) is 6.61 Å². The van der Waals surface area contributed by atoms with Crippen LogP contribution in [0.4, 0.5) is 0 Å². The fraction of sp³-hybridized carbons (Fsp3) is 0.571. The highest BCUT2D eigenvalue weighted by Gasteiger charge is 2.15. The zero-order valence-corrected chi connectivity index (χ0v) is 13.7. The first kappa shape index (κ1) is 16.9. The predicted octanol–water partition coefficient (Wildman–Crippen LogP) is 3.23. The molecule has 0 fully saturated rings. The Hall–Kier alpha value is -0.130. The van der Waals surface area contributed by atoms with E-state index in [2.05, 4.69) is 34.7 Å². The Bertz CT molecular complexity index is 401. The summed E-state index contributed by atoms with van der Waals surface area (Å²) in [6, 6.07) is 5.84. The highest BCUT2D eigenvalue weighted by molar-refractivity contribution is 9.10. The molecule has 0 saturated carbocycles. The van der Waals surface area contributed by atoms with E-state index in [0.717, 1.165) is 16.6 Å². The number of hydrogen-bond donors (Lipinski definition) is 2. The molecule has 0 amide bonds. The Morgan fingerprint density at radius 1 is 1.32 bits per heavy atom. The minimum absolute atomic E-state index is 0.132. The lowest BCUT2D eigenvalue weighted by Gasteiger charge is -2.26. The SMILES string of the molecule is CC(C)N(CCO)CCC(O)c1ccc(Br)cc1Cl. The molecule has 0 saturated heterocycles. The molecule has 5 heteroatoms. The maximum atomic E-state index is 10.2. The normalized spacial score (nSPS) is 13.3. The topological polar surface area (TPSA) is 43.7 Å². The molecule has 0 aliphatic rings. The summed E-state index contributed by atoms with van der Waals surface area (Å²) < 4.78 is 0.900. The van der Waals surface area contributed by atoms with Crippen LogP contribution in [0.25, 0.3) is 0 Å². The van der Waals surface area contributed by atoms with Crippen molar-refractivity contribution >= 4 is 27.5 Å². The van der Waals surface area contributed by atoms with Crippen LogP contribution in [0.15, 0.2) is 22.7 Å². The van der Waals surface area contributed by atoms with Gasteiger partial charge in [-0.05, 0) is 38.0 Å². The summed E-state index contributed by atoms with van der Waals surface area (Å²) in [5, 5.41) is 19.8. The Morgan fingerprint density at radius 2 is 2.00 bits per heavy atom. The van der Waals surface area contributed by atoms with Gasteiger partial charge in [-0.15, -0.1) is 0 Å². The number of benzene rings is 1. The number of aliphatic hydroxyl groups is 2. The van der Waals surface area contributed by atoms with Crippen molar-refractivity contribution in [3.05, 3.63) is 33.3 Å². The molecule has 0 bridgehead atoms. The van der Waals surface area contributed by atoms with Crippen molar-refractivity contribution in [1.29, 1.82) is 0 Å². The monoisotopic (exact) mass is 349 g/mol. The lowest BCUT2D eigenvalue weighted by molar-refractivity contribution is 0.116. The molecule has 1 aromatic carbocycles. The lowest BCUT2D eigenvalue weighted by Crippen LogP contribution is -2.35. The average molecular weight is 351 g/mol. The van der Waals surface area contributed by atoms with Gasteiger partial charge in [-0.3, -0.25) is 4.90 Å². The van der Waals surface area contributed by atoms with Crippen molar-refractivity contribution in [2.45, 2.75) is 32.4 Å². The van der Waals surface area contributed by atoms with Gasteiger partial charge >= 0.3 is 0 Å². The van der Waals surface area contributed by atoms with Crippen molar-refractivity contribution < 1.29 is 10.2 Å². The summed E-state index contributed by atoms with van der Waals surface area (Å²) in [6.45, 7) is 5.64. The van der Waals surface area contributed by atoms with Crippen LogP contribution in [0.1, 0.15) is 31.9 Å². The molecule has 1 unspecified atom stereocenters. The summed E-state index contributed by atoms with van der Waals surface area (Å²) in [5.74, 6) is 0. The fourth-order valence-electron chi connectivity index (χ4n) is 1.97. The van der Waals surface area contributed by atoms with Gasteiger partial charge in [0.1, 0.15) is 0 Å². The van der Waals surface area contributed by atoms with E-state index in [1.807, 2.05) is 12.1 Å². The predicted molar refractivity (Wildman–Crippen MR) is 82.5 cm³/mol. The molecule has 0 radical (unpaired) electrons. The Balaban J connectivity index is 2.61. The zero-order valence-electron chi connectivity index (χ0n) is 11.3. The summed E-state index contributed by atoms with van der Waals surface area (Å²) >= 11 is 9.46. The van der Waals surface area contributed by atoms with E-state index in [0.29, 0.717) is 24.0 Å². The number of halogens is 2. The molecule has 19 heavy (non-hydrogen) atoms. The van der Waals surface area contributed by atoms with Crippen molar-refractivity contribution in [1.82, 2.24) is 4.90 Å². The van der Waals surface area contributed by atoms with Gasteiger partial charge in [-0.25, -0.2) is 0 Å². The van der Waals surface area contributed by atoms with Gasteiger partial charge in [0.2, 0.25) is 0 Å². The maximum Gasteiger partial charge on any atom is 0.0816 e. The van der Waals surface area contributed by atoms with Crippen LogP contribution in [0.5, 0.6) is 0 Å². The first-order chi connectivity index (χ1) is 8.95. The molecule has 0 aliphatic carbocycles. The molecule has 0 spiro atoms. The van der Waals surface area contributed by atoms with Gasteiger partial charge in [0.25, 0.3) is 0 Å². The van der Waals surface area contributed by atoms with E-state index >= 15 is 0 Å². The minimum atomic E-state index is -0.583. The highest BCUT2D eigenvalue weighted by atomic mass is 79.9. The van der Waals surface area contributed by atoms with Crippen LogP contribution in [-0.2, 0) is 0 Å². The van der Waals surface area contributed by atoms with Crippen molar-refractivity contribution in [3.63, 3.8) is 0 Å². The molecule has 1 rings (SSSR count). The second-order valence-electron chi connectivity index (χ2n) is 4.82. The Labute approximate surface area is 128 Å². The van der Waals surface area contributed by atoms with Crippen LogP contribution in [0, 0.1) is 0 Å². The molecule has 1 aromatic rings. The summed E-state index contributed by atoms with van der Waals surface area (Å²) in [5.41, 5.74) is 0.748. The van der Waals surface area contributed by atoms with Crippen LogP contribution in [-0.4, -0.2) is 40.9 Å². The second-order valence-corrected chi connectivity index (χ2v) is 6.15. The summed E-state index contributed by atoms with van der Waals surface area (Å²) in [7, 11) is 0. The van der Waals surface area contributed by atoms with Crippen LogP contribution < -0.4 is 0 Å². The smallest absolute Gasteiger partial charge is 0.0816 e. The third-order valence-electron chi connectivity index (χ3n) is 3.13. The van der Waals surface area contributed by atoms with Crippen LogP contribution in [0.2, 0.25) is 5.02 Å². The minimum Gasteiger partial charge on any atom is -0.395 e. The van der Waals surface area contributed by atoms with E-state index in [1.165, 1.54) is 0 Å². The molecule has 2 N–H and O–H groups in total. The van der Waals surface area contributed by atoms with Crippen LogP contribution >= 0.6 is 27.5 Å². The van der Waals surface area contributed by atoms with Crippen LogP contribution in [0.3, 0.4) is 0 Å². The first-order valence-corrected chi connectivity index (χ1v) is 7.60. The van der Waals surface area contributed by atoms with Crippen molar-refractivity contribution in [2.75, 3.05) is 19.7 Å². The lowest BCUT2D eigenvalue weighted by atomic mass is 10.1. The van der Waals surface area contributed by atoms with E-state index in [1.54, 1.807) is 6.07 Å². The van der Waals surface area contributed by atoms with Gasteiger partial charge in [0.15, 0.2) is 0 Å². The Kier molecular flexibility index (Phi) is 7.32. The van der Waals surface area contributed by atoms with Gasteiger partial charge in [-0.1, -0.05) is 33.6 Å². The molecular formula is C14H21BrClNO2. The second kappa shape index (κ2) is 8.22. The van der Waals surface area contributed by atoms with Crippen molar-refractivity contribution in [2.24, 2.45) is 0 Å². The molecule has 0 aromatic heterocycles. The third-order valence-corrected chi connectivity index (χ3v) is 3.95. The largest absolute Gasteiger partial charge is 0.395 e. The van der Waals surface area contributed by atoms with Gasteiger partial charge < -0.3 is 10.2 Å². The summed E-state index contributed by atoms with van der Waals surface area (Å²) in [4.78, 5) is 2.13. The molecule has 1 atom stereocenters. The van der Waals surface area contributed by atoms with Gasteiger partial charge in [0.05, 0.1) is 12.7 Å². The van der Waals surface area contributed by atoms with Crippen molar-refractivity contribution in [3.8, 4) is 0 Å². The first-order valence-electron chi connectivity index (χ1n) is 6.43. The molecule has 0 aliphatic heterocycles. The van der Waals surface area contributed by atoms with E-state index in [9.17, 15) is 5.11 Å². The Morgan fingerprint density at radius 3 is 2.53 bits per heavy atom. The fourth-order valence-corrected chi connectivity index (χ4v) is 2.77. The third kappa shape index (κ3) is 5.40. The van der Waals surface area contributed by atoms with E-state index in [4.69, 9.17) is 16.7 Å².